The van der Waals surface area contributed by atoms with Gasteiger partial charge in [-0.2, -0.15) is 0 Å². The molecule has 132 valence electrons. The fraction of sp³-hybridized carbons (Fsp3) is 0.611. The minimum Gasteiger partial charge on any atom is -0.495 e. The number of benzene rings is 1. The van der Waals surface area contributed by atoms with E-state index >= 15 is 0 Å². The number of rotatable bonds is 3. The van der Waals surface area contributed by atoms with Crippen LogP contribution in [-0.4, -0.2) is 75.3 Å². The molecular formula is C18H28N4O2. The zero-order valence-corrected chi connectivity index (χ0v) is 14.7. The molecule has 1 N–H and O–H groups in total. The SMILES string of the molecule is COc1ccccc1N1CCN(C(=O)NC2CCN(C)CC2)CC1. The molecule has 1 aromatic rings. The number of carbonyl (C=O) groups excluding carboxylic acids is 1. The summed E-state index contributed by atoms with van der Waals surface area (Å²) >= 11 is 0. The minimum absolute atomic E-state index is 0.0872. The number of nitrogens with one attached hydrogen (secondary N) is 1. The highest BCUT2D eigenvalue weighted by Crippen LogP contribution is 2.28. The predicted molar refractivity (Wildman–Crippen MR) is 95.8 cm³/mol. The van der Waals surface area contributed by atoms with E-state index in [4.69, 9.17) is 4.74 Å². The Morgan fingerprint density at radius 1 is 1.08 bits per heavy atom. The molecule has 6 heteroatoms. The van der Waals surface area contributed by atoms with Crippen LogP contribution in [0.15, 0.2) is 24.3 Å². The van der Waals surface area contributed by atoms with Gasteiger partial charge in [-0.05, 0) is 45.1 Å². The van der Waals surface area contributed by atoms with Crippen molar-refractivity contribution in [3.8, 4) is 5.75 Å². The van der Waals surface area contributed by atoms with Crippen LogP contribution >= 0.6 is 0 Å². The summed E-state index contributed by atoms with van der Waals surface area (Å²) in [6, 6.07) is 8.47. The van der Waals surface area contributed by atoms with Crippen LogP contribution in [0.25, 0.3) is 0 Å². The molecule has 6 nitrogen and oxygen atoms in total. The Kier molecular flexibility index (Phi) is 5.45. The molecule has 0 atom stereocenters. The number of anilines is 1. The van der Waals surface area contributed by atoms with Crippen molar-refractivity contribution in [1.29, 1.82) is 0 Å². The molecule has 0 saturated carbocycles. The fourth-order valence-corrected chi connectivity index (χ4v) is 3.46. The van der Waals surface area contributed by atoms with Crippen LogP contribution in [0, 0.1) is 0 Å². The first-order chi connectivity index (χ1) is 11.7. The first-order valence-electron chi connectivity index (χ1n) is 8.79. The zero-order chi connectivity index (χ0) is 16.9. The average Bonchev–Trinajstić information content (AvgIpc) is 2.63. The van der Waals surface area contributed by atoms with Gasteiger partial charge in [0.2, 0.25) is 0 Å². The third-order valence-electron chi connectivity index (χ3n) is 5.04. The number of methoxy groups -OCH3 is 1. The summed E-state index contributed by atoms with van der Waals surface area (Å²) in [5, 5.41) is 3.20. The van der Waals surface area contributed by atoms with Gasteiger partial charge in [-0.25, -0.2) is 4.79 Å². The molecular weight excluding hydrogens is 304 g/mol. The Morgan fingerprint density at radius 3 is 2.42 bits per heavy atom. The number of hydrogen-bond donors (Lipinski definition) is 1. The highest BCUT2D eigenvalue weighted by atomic mass is 16.5. The third-order valence-corrected chi connectivity index (χ3v) is 5.04. The molecule has 0 spiro atoms. The maximum absolute atomic E-state index is 12.5. The number of carbonyl (C=O) groups is 1. The second-order valence-electron chi connectivity index (χ2n) is 6.67. The summed E-state index contributed by atoms with van der Waals surface area (Å²) in [5.74, 6) is 0.890. The number of nitrogens with zero attached hydrogens (tertiary/aromatic N) is 3. The number of amides is 2. The summed E-state index contributed by atoms with van der Waals surface area (Å²) in [5.41, 5.74) is 1.11. The van der Waals surface area contributed by atoms with Crippen LogP contribution < -0.4 is 15.0 Å². The number of urea groups is 1. The molecule has 1 aromatic carbocycles. The molecule has 24 heavy (non-hydrogen) atoms. The average molecular weight is 332 g/mol. The van der Waals surface area contributed by atoms with Crippen LogP contribution in [-0.2, 0) is 0 Å². The Hall–Kier alpha value is -1.95. The third kappa shape index (κ3) is 3.93. The van der Waals surface area contributed by atoms with Crippen LogP contribution in [0.5, 0.6) is 5.75 Å². The molecule has 2 heterocycles. The Labute approximate surface area is 144 Å². The lowest BCUT2D eigenvalue weighted by Crippen LogP contribution is -2.54. The van der Waals surface area contributed by atoms with Gasteiger partial charge in [0, 0.05) is 32.2 Å². The van der Waals surface area contributed by atoms with Gasteiger partial charge in [0.1, 0.15) is 5.75 Å². The number of piperidine rings is 1. The maximum Gasteiger partial charge on any atom is 0.317 e. The Balaban J connectivity index is 1.50. The van der Waals surface area contributed by atoms with Gasteiger partial charge < -0.3 is 24.8 Å². The van der Waals surface area contributed by atoms with Crippen LogP contribution in [0.3, 0.4) is 0 Å². The molecule has 2 aliphatic rings. The number of likely N-dealkylation sites (tertiary alicyclic amines) is 1. The highest BCUT2D eigenvalue weighted by molar-refractivity contribution is 5.75. The maximum atomic E-state index is 12.5. The Bertz CT molecular complexity index is 550. The lowest BCUT2D eigenvalue weighted by Gasteiger charge is -2.38. The Morgan fingerprint density at radius 2 is 1.75 bits per heavy atom. The molecule has 0 radical (unpaired) electrons. The van der Waals surface area contributed by atoms with Crippen LogP contribution in [0.4, 0.5) is 10.5 Å². The molecule has 2 saturated heterocycles. The first kappa shape index (κ1) is 16.9. The van der Waals surface area contributed by atoms with Crippen molar-refractivity contribution < 1.29 is 9.53 Å². The van der Waals surface area contributed by atoms with E-state index in [1.54, 1.807) is 7.11 Å². The molecule has 0 unspecified atom stereocenters. The minimum atomic E-state index is 0.0872. The summed E-state index contributed by atoms with van der Waals surface area (Å²) in [6.45, 7) is 5.29. The van der Waals surface area contributed by atoms with E-state index in [0.29, 0.717) is 6.04 Å². The van der Waals surface area contributed by atoms with E-state index in [1.807, 2.05) is 23.1 Å². The second-order valence-corrected chi connectivity index (χ2v) is 6.67. The fourth-order valence-electron chi connectivity index (χ4n) is 3.46. The van der Waals surface area contributed by atoms with E-state index in [-0.39, 0.29) is 6.03 Å². The van der Waals surface area contributed by atoms with Gasteiger partial charge in [0.15, 0.2) is 0 Å². The van der Waals surface area contributed by atoms with Crippen LogP contribution in [0.1, 0.15) is 12.8 Å². The predicted octanol–water partition coefficient (Wildman–Crippen LogP) is 1.62. The zero-order valence-electron chi connectivity index (χ0n) is 14.7. The lowest BCUT2D eigenvalue weighted by molar-refractivity contribution is 0.178. The lowest BCUT2D eigenvalue weighted by atomic mass is 10.1. The summed E-state index contributed by atoms with van der Waals surface area (Å²) < 4.78 is 5.44. The van der Waals surface area contributed by atoms with Gasteiger partial charge in [0.05, 0.1) is 12.8 Å². The summed E-state index contributed by atoms with van der Waals surface area (Å²) in [4.78, 5) is 19.0. The van der Waals surface area contributed by atoms with E-state index in [1.165, 1.54) is 0 Å². The number of para-hydroxylation sites is 2. The quantitative estimate of drug-likeness (QED) is 0.914. The van der Waals surface area contributed by atoms with E-state index in [2.05, 4.69) is 28.2 Å². The van der Waals surface area contributed by atoms with Crippen molar-refractivity contribution in [1.82, 2.24) is 15.1 Å². The van der Waals surface area contributed by atoms with Crippen molar-refractivity contribution in [3.05, 3.63) is 24.3 Å². The monoisotopic (exact) mass is 332 g/mol. The van der Waals surface area contributed by atoms with Gasteiger partial charge in [-0.3, -0.25) is 0 Å². The molecule has 0 bridgehead atoms. The van der Waals surface area contributed by atoms with Crippen molar-refractivity contribution in [2.75, 3.05) is 58.3 Å². The first-order valence-corrected chi connectivity index (χ1v) is 8.79. The topological polar surface area (TPSA) is 48.1 Å². The molecule has 0 aromatic heterocycles. The molecule has 3 rings (SSSR count). The summed E-state index contributed by atoms with van der Waals surface area (Å²) in [7, 11) is 3.83. The van der Waals surface area contributed by atoms with Gasteiger partial charge in [-0.1, -0.05) is 12.1 Å². The highest BCUT2D eigenvalue weighted by Gasteiger charge is 2.25. The van der Waals surface area contributed by atoms with Gasteiger partial charge in [0.25, 0.3) is 0 Å². The van der Waals surface area contributed by atoms with Crippen molar-refractivity contribution in [2.24, 2.45) is 0 Å². The number of hydrogen-bond acceptors (Lipinski definition) is 4. The van der Waals surface area contributed by atoms with E-state index < -0.39 is 0 Å². The van der Waals surface area contributed by atoms with Crippen molar-refractivity contribution in [3.63, 3.8) is 0 Å². The smallest absolute Gasteiger partial charge is 0.317 e. The molecule has 0 aliphatic carbocycles. The van der Waals surface area contributed by atoms with Crippen molar-refractivity contribution >= 4 is 11.7 Å². The van der Waals surface area contributed by atoms with E-state index in [9.17, 15) is 4.79 Å². The standard InChI is InChI=1S/C18H28N4O2/c1-20-9-7-15(8-10-20)19-18(23)22-13-11-21(12-14-22)16-5-3-4-6-17(16)24-2/h3-6,15H,7-14H2,1-2H3,(H,19,23). The van der Waals surface area contributed by atoms with Gasteiger partial charge >= 0.3 is 6.03 Å². The summed E-state index contributed by atoms with van der Waals surface area (Å²) in [6.07, 6.45) is 2.09. The van der Waals surface area contributed by atoms with Gasteiger partial charge in [-0.15, -0.1) is 0 Å². The molecule has 2 aliphatic heterocycles. The molecule has 2 amide bonds. The van der Waals surface area contributed by atoms with E-state index in [0.717, 1.165) is 63.5 Å². The molecule has 2 fully saturated rings. The normalized spacial score (nSPS) is 20.1. The second kappa shape index (κ2) is 7.75. The van der Waals surface area contributed by atoms with Crippen molar-refractivity contribution in [2.45, 2.75) is 18.9 Å². The number of piperazine rings is 1. The number of ether oxygens (including phenoxy) is 1. The van der Waals surface area contributed by atoms with Crippen LogP contribution in [0.2, 0.25) is 0 Å². The largest absolute Gasteiger partial charge is 0.495 e.